The quantitative estimate of drug-likeness (QED) is 0.363. The molecule has 0 saturated carbocycles. The number of rotatable bonds is 1. The molecule has 0 unspecified atom stereocenters. The van der Waals surface area contributed by atoms with E-state index in [0.717, 1.165) is 0 Å². The van der Waals surface area contributed by atoms with Crippen LogP contribution in [0, 0.1) is 6.26 Å². The summed E-state index contributed by atoms with van der Waals surface area (Å²) in [6.45, 7) is 0. The third-order valence-corrected chi connectivity index (χ3v) is 2.09. The third-order valence-electron chi connectivity index (χ3n) is 1.10. The molecule has 11 heavy (non-hydrogen) atoms. The van der Waals surface area contributed by atoms with Crippen LogP contribution in [0.1, 0.15) is 0 Å². The van der Waals surface area contributed by atoms with Crippen molar-refractivity contribution < 1.29 is 27.3 Å². The Labute approximate surface area is 78.7 Å². The molecule has 1 aromatic rings. The van der Waals surface area contributed by atoms with Crippen LogP contribution in [0.15, 0.2) is 35.2 Å². The van der Waals surface area contributed by atoms with Gasteiger partial charge in [-0.25, -0.2) is 6.26 Å². The zero-order valence-corrected chi connectivity index (χ0v) is 7.14. The average molecular weight is 162 g/mol. The van der Waals surface area contributed by atoms with Crippen LogP contribution >= 0.6 is 0 Å². The fourth-order valence-corrected chi connectivity index (χ4v) is 1.20. The van der Waals surface area contributed by atoms with Crippen molar-refractivity contribution in [3.63, 3.8) is 0 Å². The SMILES string of the molecule is [CH2-]S(=O)(=O)c1ccccc1.[Li+]. The summed E-state index contributed by atoms with van der Waals surface area (Å²) < 4.78 is 21.4. The molecule has 0 bridgehead atoms. The molecule has 1 aromatic carbocycles. The van der Waals surface area contributed by atoms with Crippen molar-refractivity contribution >= 4 is 9.84 Å². The molecule has 1 rings (SSSR count). The Morgan fingerprint density at radius 1 is 1.09 bits per heavy atom. The monoisotopic (exact) mass is 162 g/mol. The maximum Gasteiger partial charge on any atom is 1.00 e. The third kappa shape index (κ3) is 3.11. The Hall–Kier alpha value is -0.233. The summed E-state index contributed by atoms with van der Waals surface area (Å²) >= 11 is 0. The first-order valence-electron chi connectivity index (χ1n) is 2.74. The van der Waals surface area contributed by atoms with E-state index in [9.17, 15) is 8.42 Å². The second kappa shape index (κ2) is 3.96. The van der Waals surface area contributed by atoms with Crippen LogP contribution in [-0.4, -0.2) is 8.42 Å². The number of benzene rings is 1. The topological polar surface area (TPSA) is 34.1 Å². The number of sulfone groups is 1. The molecule has 0 aliphatic carbocycles. The van der Waals surface area contributed by atoms with E-state index in [2.05, 4.69) is 6.26 Å². The normalized spacial score (nSPS) is 10.3. The van der Waals surface area contributed by atoms with Crippen LogP contribution < -0.4 is 18.9 Å². The molecular formula is C7H7LiO2S. The summed E-state index contributed by atoms with van der Waals surface area (Å²) in [5, 5.41) is 0. The number of hydrogen-bond donors (Lipinski definition) is 0. The minimum Gasteiger partial charge on any atom is -0.258 e. The van der Waals surface area contributed by atoms with Crippen LogP contribution in [0.5, 0.6) is 0 Å². The van der Waals surface area contributed by atoms with Crippen LogP contribution in [0.25, 0.3) is 0 Å². The fourth-order valence-electron chi connectivity index (χ4n) is 0.628. The Morgan fingerprint density at radius 2 is 1.55 bits per heavy atom. The van der Waals surface area contributed by atoms with E-state index >= 15 is 0 Å². The Bertz CT molecular complexity index is 304. The molecule has 0 heterocycles. The van der Waals surface area contributed by atoms with E-state index in [0.29, 0.717) is 0 Å². The molecule has 0 aromatic heterocycles. The Kier molecular flexibility index (Phi) is 3.88. The maximum atomic E-state index is 10.7. The summed E-state index contributed by atoms with van der Waals surface area (Å²) in [5.41, 5.74) is 0. The van der Waals surface area contributed by atoms with Gasteiger partial charge in [-0.15, -0.1) is 0 Å². The van der Waals surface area contributed by atoms with E-state index in [-0.39, 0.29) is 23.8 Å². The summed E-state index contributed by atoms with van der Waals surface area (Å²) in [6, 6.07) is 8.12. The zero-order chi connectivity index (χ0) is 7.61. The Morgan fingerprint density at radius 3 is 1.82 bits per heavy atom. The maximum absolute atomic E-state index is 10.7. The van der Waals surface area contributed by atoms with Gasteiger partial charge in [-0.1, -0.05) is 18.2 Å². The molecule has 0 amide bonds. The molecule has 0 saturated heterocycles. The van der Waals surface area contributed by atoms with E-state index in [1.54, 1.807) is 18.2 Å². The zero-order valence-electron chi connectivity index (χ0n) is 6.32. The molecule has 0 atom stereocenters. The van der Waals surface area contributed by atoms with Crippen molar-refractivity contribution in [1.82, 2.24) is 0 Å². The van der Waals surface area contributed by atoms with E-state index < -0.39 is 9.84 Å². The molecule has 0 aliphatic rings. The molecule has 0 spiro atoms. The molecule has 0 radical (unpaired) electrons. The molecule has 0 fully saturated rings. The first kappa shape index (κ1) is 10.8. The minimum absolute atomic E-state index is 0. The van der Waals surface area contributed by atoms with Gasteiger partial charge in [0.1, 0.15) is 0 Å². The van der Waals surface area contributed by atoms with Crippen LogP contribution in [-0.2, 0) is 9.84 Å². The van der Waals surface area contributed by atoms with Gasteiger partial charge in [0.15, 0.2) is 0 Å². The van der Waals surface area contributed by atoms with Gasteiger partial charge >= 0.3 is 18.9 Å². The predicted octanol–water partition coefficient (Wildman–Crippen LogP) is -1.74. The predicted molar refractivity (Wildman–Crippen MR) is 39.0 cm³/mol. The van der Waals surface area contributed by atoms with Crippen LogP contribution in [0.4, 0.5) is 0 Å². The van der Waals surface area contributed by atoms with Crippen molar-refractivity contribution in [2.24, 2.45) is 0 Å². The van der Waals surface area contributed by atoms with Crippen LogP contribution in [0.2, 0.25) is 0 Å². The van der Waals surface area contributed by atoms with Gasteiger partial charge in [0, 0.05) is 14.7 Å². The van der Waals surface area contributed by atoms with E-state index in [1.165, 1.54) is 12.1 Å². The van der Waals surface area contributed by atoms with Gasteiger partial charge in [-0.2, -0.15) is 0 Å². The van der Waals surface area contributed by atoms with Gasteiger partial charge in [-0.3, -0.25) is 8.42 Å². The van der Waals surface area contributed by atoms with Gasteiger partial charge in [0.05, 0.1) is 0 Å². The summed E-state index contributed by atoms with van der Waals surface area (Å²) in [4.78, 5) is 0.259. The number of hydrogen-bond acceptors (Lipinski definition) is 2. The molecule has 2 nitrogen and oxygen atoms in total. The van der Waals surface area contributed by atoms with Crippen molar-refractivity contribution in [2.45, 2.75) is 4.90 Å². The van der Waals surface area contributed by atoms with Crippen molar-refractivity contribution in [2.75, 3.05) is 0 Å². The summed E-state index contributed by atoms with van der Waals surface area (Å²) in [5.74, 6) is 0. The first-order chi connectivity index (χ1) is 4.61. The second-order valence-electron chi connectivity index (χ2n) is 1.93. The smallest absolute Gasteiger partial charge is 0.258 e. The molecule has 4 heteroatoms. The van der Waals surface area contributed by atoms with Gasteiger partial charge < -0.3 is 0 Å². The van der Waals surface area contributed by atoms with Crippen molar-refractivity contribution in [3.8, 4) is 0 Å². The molecule has 0 N–H and O–H groups in total. The van der Waals surface area contributed by atoms with Gasteiger partial charge in [0.2, 0.25) is 0 Å². The van der Waals surface area contributed by atoms with Crippen LogP contribution in [0.3, 0.4) is 0 Å². The standard InChI is InChI=1S/C7H7O2S.Li/c1-10(8,9)7-5-3-2-4-6-7;/h2-6H,1H2;/q-1;+1. The second-order valence-corrected chi connectivity index (χ2v) is 3.63. The largest absolute Gasteiger partial charge is 1.00 e. The summed E-state index contributed by atoms with van der Waals surface area (Å²) in [6.07, 6.45) is 3.01. The first-order valence-corrected chi connectivity index (χ1v) is 4.39. The minimum atomic E-state index is -3.25. The molecular weight excluding hydrogens is 155 g/mol. The van der Waals surface area contributed by atoms with Gasteiger partial charge in [-0.05, 0) is 12.1 Å². The molecule has 54 valence electrons. The van der Waals surface area contributed by atoms with E-state index in [1.807, 2.05) is 0 Å². The fraction of sp³-hybridized carbons (Fsp3) is 0. The van der Waals surface area contributed by atoms with Gasteiger partial charge in [0.25, 0.3) is 0 Å². The van der Waals surface area contributed by atoms with Crippen molar-refractivity contribution in [3.05, 3.63) is 36.6 Å². The average Bonchev–Trinajstić information content (AvgIpc) is 1.88. The Balaban J connectivity index is 0.000001000. The molecule has 0 aliphatic heterocycles. The van der Waals surface area contributed by atoms with E-state index in [4.69, 9.17) is 0 Å². The van der Waals surface area contributed by atoms with Crippen molar-refractivity contribution in [1.29, 1.82) is 0 Å². The summed E-state index contributed by atoms with van der Waals surface area (Å²) in [7, 11) is -3.25.